The zero-order valence-electron chi connectivity index (χ0n) is 14.7. The molecule has 1 fully saturated rings. The number of halogens is 3. The first kappa shape index (κ1) is 19.2. The van der Waals surface area contributed by atoms with Crippen LogP contribution in [0.2, 0.25) is 0 Å². The van der Waals surface area contributed by atoms with Crippen LogP contribution in [0.1, 0.15) is 27.0 Å². The first-order valence-corrected chi connectivity index (χ1v) is 8.50. The highest BCUT2D eigenvalue weighted by molar-refractivity contribution is 5.94. The van der Waals surface area contributed by atoms with Crippen molar-refractivity contribution in [2.24, 2.45) is 0 Å². The highest BCUT2D eigenvalue weighted by Crippen LogP contribution is 2.30. The summed E-state index contributed by atoms with van der Waals surface area (Å²) >= 11 is 0. The van der Waals surface area contributed by atoms with Crippen LogP contribution in [0.15, 0.2) is 42.5 Å². The molecular weight excluding hydrogens is 369 g/mol. The molecule has 0 N–H and O–H groups in total. The zero-order valence-corrected chi connectivity index (χ0v) is 14.7. The minimum Gasteiger partial charge on any atom is -0.366 e. The summed E-state index contributed by atoms with van der Waals surface area (Å²) in [4.78, 5) is 16.0. The maximum absolute atomic E-state index is 12.7. The van der Waals surface area contributed by atoms with Crippen molar-refractivity contribution in [2.75, 3.05) is 31.1 Å². The molecule has 28 heavy (non-hydrogen) atoms. The van der Waals surface area contributed by atoms with Gasteiger partial charge in [-0.1, -0.05) is 6.07 Å². The third-order valence-corrected chi connectivity index (χ3v) is 4.62. The molecule has 8 heteroatoms. The van der Waals surface area contributed by atoms with Crippen molar-refractivity contribution in [3.05, 3.63) is 64.7 Å². The Balaban J connectivity index is 1.72. The van der Waals surface area contributed by atoms with Crippen LogP contribution in [-0.4, -0.2) is 37.0 Å². The standard InChI is InChI=1S/C20H15F3N4O/c21-20(22,23)17-6-4-14(5-7-17)19(28)27-10-8-26(9-11-27)18-15(12-24)2-1-3-16(18)13-25/h1-7H,8-11H2. The number of rotatable bonds is 2. The second-order valence-corrected chi connectivity index (χ2v) is 6.28. The molecule has 0 spiro atoms. The molecule has 2 aromatic rings. The van der Waals surface area contributed by atoms with Gasteiger partial charge in [0.25, 0.3) is 5.91 Å². The van der Waals surface area contributed by atoms with Crippen LogP contribution in [-0.2, 0) is 6.18 Å². The summed E-state index contributed by atoms with van der Waals surface area (Å²) in [7, 11) is 0. The van der Waals surface area contributed by atoms with E-state index in [2.05, 4.69) is 12.1 Å². The molecule has 0 unspecified atom stereocenters. The van der Waals surface area contributed by atoms with Crippen LogP contribution < -0.4 is 4.90 Å². The van der Waals surface area contributed by atoms with Gasteiger partial charge in [-0.2, -0.15) is 23.7 Å². The van der Waals surface area contributed by atoms with Gasteiger partial charge in [-0.3, -0.25) is 4.79 Å². The fourth-order valence-corrected chi connectivity index (χ4v) is 3.18. The minimum absolute atomic E-state index is 0.191. The van der Waals surface area contributed by atoms with E-state index in [9.17, 15) is 28.5 Å². The van der Waals surface area contributed by atoms with Crippen molar-refractivity contribution in [2.45, 2.75) is 6.18 Å². The van der Waals surface area contributed by atoms with E-state index in [1.807, 2.05) is 4.90 Å². The number of carbonyl (C=O) groups is 1. The van der Waals surface area contributed by atoms with Gasteiger partial charge in [-0.15, -0.1) is 0 Å². The van der Waals surface area contributed by atoms with Gasteiger partial charge in [0.2, 0.25) is 0 Å². The lowest BCUT2D eigenvalue weighted by molar-refractivity contribution is -0.137. The Hall–Kier alpha value is -3.52. The van der Waals surface area contributed by atoms with Crippen LogP contribution >= 0.6 is 0 Å². The number of nitrogens with zero attached hydrogens (tertiary/aromatic N) is 4. The van der Waals surface area contributed by atoms with Gasteiger partial charge < -0.3 is 9.80 Å². The molecule has 2 aromatic carbocycles. The largest absolute Gasteiger partial charge is 0.416 e. The fraction of sp³-hybridized carbons (Fsp3) is 0.250. The summed E-state index contributed by atoms with van der Waals surface area (Å²) in [6, 6.07) is 13.2. The third kappa shape index (κ3) is 3.77. The molecule has 5 nitrogen and oxygen atoms in total. The number of hydrogen-bond donors (Lipinski definition) is 0. The van der Waals surface area contributed by atoms with Gasteiger partial charge in [0.1, 0.15) is 12.1 Å². The van der Waals surface area contributed by atoms with E-state index in [0.29, 0.717) is 43.0 Å². The monoisotopic (exact) mass is 384 g/mol. The Bertz CT molecular complexity index is 931. The topological polar surface area (TPSA) is 71.1 Å². The van der Waals surface area contributed by atoms with Crippen molar-refractivity contribution in [3.8, 4) is 12.1 Å². The lowest BCUT2D eigenvalue weighted by Gasteiger charge is -2.36. The molecule has 0 bridgehead atoms. The Morgan fingerprint density at radius 3 is 1.89 bits per heavy atom. The number of nitriles is 2. The SMILES string of the molecule is N#Cc1cccc(C#N)c1N1CCN(C(=O)c2ccc(C(F)(F)F)cc2)CC1. The number of para-hydroxylation sites is 1. The number of hydrogen-bond acceptors (Lipinski definition) is 4. The molecule has 0 atom stereocenters. The van der Waals surface area contributed by atoms with Crippen molar-refractivity contribution in [1.82, 2.24) is 4.90 Å². The van der Waals surface area contributed by atoms with E-state index in [0.717, 1.165) is 12.1 Å². The number of alkyl halides is 3. The molecule has 0 aliphatic carbocycles. The molecule has 0 radical (unpaired) electrons. The Morgan fingerprint density at radius 2 is 1.43 bits per heavy atom. The van der Waals surface area contributed by atoms with Crippen molar-refractivity contribution in [3.63, 3.8) is 0 Å². The average molecular weight is 384 g/mol. The predicted molar refractivity (Wildman–Crippen MR) is 95.4 cm³/mol. The van der Waals surface area contributed by atoms with E-state index in [4.69, 9.17) is 0 Å². The molecule has 1 saturated heterocycles. The van der Waals surface area contributed by atoms with Crippen LogP contribution in [0.3, 0.4) is 0 Å². The molecule has 0 saturated carbocycles. The van der Waals surface area contributed by atoms with Gasteiger partial charge in [-0.25, -0.2) is 0 Å². The van der Waals surface area contributed by atoms with E-state index < -0.39 is 11.7 Å². The lowest BCUT2D eigenvalue weighted by Crippen LogP contribution is -2.49. The summed E-state index contributed by atoms with van der Waals surface area (Å²) in [6.07, 6.45) is -4.44. The summed E-state index contributed by atoms with van der Waals surface area (Å²) in [5, 5.41) is 18.6. The fourth-order valence-electron chi connectivity index (χ4n) is 3.18. The maximum atomic E-state index is 12.7. The molecule has 1 amide bonds. The van der Waals surface area contributed by atoms with E-state index in [1.54, 1.807) is 23.1 Å². The Morgan fingerprint density at radius 1 is 0.893 bits per heavy atom. The van der Waals surface area contributed by atoms with Gasteiger partial charge in [0.05, 0.1) is 22.4 Å². The van der Waals surface area contributed by atoms with E-state index >= 15 is 0 Å². The predicted octanol–water partition coefficient (Wildman–Crippen LogP) is 3.41. The molecule has 1 aliphatic heterocycles. The number of piperazine rings is 1. The molecular formula is C20H15F3N4O. The van der Waals surface area contributed by atoms with E-state index in [-0.39, 0.29) is 11.5 Å². The van der Waals surface area contributed by atoms with Crippen LogP contribution in [0.25, 0.3) is 0 Å². The molecule has 1 heterocycles. The number of anilines is 1. The van der Waals surface area contributed by atoms with Gasteiger partial charge >= 0.3 is 6.18 Å². The minimum atomic E-state index is -4.44. The van der Waals surface area contributed by atoms with Crippen LogP contribution in [0, 0.1) is 22.7 Å². The molecule has 0 aromatic heterocycles. The second kappa shape index (κ2) is 7.61. The van der Waals surface area contributed by atoms with Crippen molar-refractivity contribution >= 4 is 11.6 Å². The maximum Gasteiger partial charge on any atom is 0.416 e. The first-order valence-electron chi connectivity index (χ1n) is 8.50. The second-order valence-electron chi connectivity index (χ2n) is 6.28. The van der Waals surface area contributed by atoms with Crippen LogP contribution in [0.5, 0.6) is 0 Å². The van der Waals surface area contributed by atoms with Gasteiger partial charge in [0.15, 0.2) is 0 Å². The summed E-state index contributed by atoms with van der Waals surface area (Å²) < 4.78 is 38.0. The Labute approximate surface area is 159 Å². The summed E-state index contributed by atoms with van der Waals surface area (Å²) in [6.45, 7) is 1.51. The third-order valence-electron chi connectivity index (χ3n) is 4.62. The highest BCUT2D eigenvalue weighted by atomic mass is 19.4. The number of benzene rings is 2. The van der Waals surface area contributed by atoms with Crippen LogP contribution in [0.4, 0.5) is 18.9 Å². The summed E-state index contributed by atoms with van der Waals surface area (Å²) in [5.41, 5.74) is 0.722. The Kier molecular flexibility index (Phi) is 5.23. The molecule has 3 rings (SSSR count). The molecule has 1 aliphatic rings. The highest BCUT2D eigenvalue weighted by Gasteiger charge is 2.31. The van der Waals surface area contributed by atoms with E-state index in [1.165, 1.54) is 12.1 Å². The van der Waals surface area contributed by atoms with Crippen molar-refractivity contribution in [1.29, 1.82) is 10.5 Å². The lowest BCUT2D eigenvalue weighted by atomic mass is 10.1. The average Bonchev–Trinajstić information content (AvgIpc) is 2.72. The van der Waals surface area contributed by atoms with Gasteiger partial charge in [0, 0.05) is 31.7 Å². The smallest absolute Gasteiger partial charge is 0.366 e. The number of amides is 1. The molecule has 142 valence electrons. The van der Waals surface area contributed by atoms with Gasteiger partial charge in [-0.05, 0) is 36.4 Å². The number of carbonyl (C=O) groups excluding carboxylic acids is 1. The quantitative estimate of drug-likeness (QED) is 0.796. The van der Waals surface area contributed by atoms with Crippen molar-refractivity contribution < 1.29 is 18.0 Å². The zero-order chi connectivity index (χ0) is 20.3. The first-order chi connectivity index (χ1) is 13.3. The normalized spacial score (nSPS) is 14.3. The summed E-state index contributed by atoms with van der Waals surface area (Å²) in [5.74, 6) is -0.345.